The van der Waals surface area contributed by atoms with Crippen molar-refractivity contribution in [2.24, 2.45) is 0 Å². The van der Waals surface area contributed by atoms with Crippen LogP contribution in [0.5, 0.6) is 0 Å². The minimum absolute atomic E-state index is 0.695. The molecule has 0 unspecified atom stereocenters. The Hall–Kier alpha value is -1.94. The van der Waals surface area contributed by atoms with Gasteiger partial charge < -0.3 is 4.90 Å². The lowest BCUT2D eigenvalue weighted by atomic mass is 10.2. The topological polar surface area (TPSA) is 32.3 Å². The Bertz CT molecular complexity index is 616. The lowest BCUT2D eigenvalue weighted by Gasteiger charge is -2.35. The highest BCUT2D eigenvalue weighted by Gasteiger charge is 2.26. The summed E-state index contributed by atoms with van der Waals surface area (Å²) in [6, 6.07) is 12.9. The van der Waals surface area contributed by atoms with Gasteiger partial charge in [0.05, 0.1) is 0 Å². The zero-order chi connectivity index (χ0) is 14.8. The molecule has 1 aliphatic carbocycles. The highest BCUT2D eigenvalue weighted by atomic mass is 15.3. The molecule has 0 N–H and O–H groups in total. The van der Waals surface area contributed by atoms with Crippen LogP contribution in [0.4, 0.5) is 5.82 Å². The van der Waals surface area contributed by atoms with Gasteiger partial charge in [-0.05, 0) is 18.4 Å². The van der Waals surface area contributed by atoms with Gasteiger partial charge in [-0.15, -0.1) is 0 Å². The Kier molecular flexibility index (Phi) is 3.77. The maximum atomic E-state index is 4.48. The van der Waals surface area contributed by atoms with E-state index >= 15 is 0 Å². The van der Waals surface area contributed by atoms with Gasteiger partial charge in [-0.25, -0.2) is 9.97 Å². The number of aromatic nitrogens is 2. The van der Waals surface area contributed by atoms with Crippen LogP contribution in [-0.2, 0) is 6.54 Å². The van der Waals surface area contributed by atoms with E-state index in [2.05, 4.69) is 56.2 Å². The summed E-state index contributed by atoms with van der Waals surface area (Å²) < 4.78 is 0. The summed E-state index contributed by atoms with van der Waals surface area (Å²) in [5.41, 5.74) is 2.63. The van der Waals surface area contributed by atoms with E-state index in [4.69, 9.17) is 0 Å². The normalized spacial score (nSPS) is 19.4. The van der Waals surface area contributed by atoms with Crippen LogP contribution in [0.25, 0.3) is 0 Å². The molecular formula is C18H22N4. The SMILES string of the molecule is c1ccc(CN2CCN(c3cc(C4CC4)ncn3)CC2)cc1. The maximum absolute atomic E-state index is 4.48. The van der Waals surface area contributed by atoms with E-state index in [9.17, 15) is 0 Å². The van der Waals surface area contributed by atoms with Gasteiger partial charge in [-0.1, -0.05) is 30.3 Å². The molecule has 1 saturated carbocycles. The smallest absolute Gasteiger partial charge is 0.132 e. The van der Waals surface area contributed by atoms with Crippen molar-refractivity contribution in [1.29, 1.82) is 0 Å². The second kappa shape index (κ2) is 6.05. The molecule has 1 saturated heterocycles. The van der Waals surface area contributed by atoms with E-state index in [0.717, 1.165) is 38.5 Å². The fourth-order valence-corrected chi connectivity index (χ4v) is 3.11. The van der Waals surface area contributed by atoms with Crippen LogP contribution in [0.3, 0.4) is 0 Å². The van der Waals surface area contributed by atoms with Crippen LogP contribution in [0.1, 0.15) is 30.0 Å². The summed E-state index contributed by atoms with van der Waals surface area (Å²) >= 11 is 0. The van der Waals surface area contributed by atoms with Crippen molar-refractivity contribution in [3.05, 3.63) is 54.0 Å². The number of hydrogen-bond donors (Lipinski definition) is 0. The molecule has 114 valence electrons. The summed E-state index contributed by atoms with van der Waals surface area (Å²) in [4.78, 5) is 13.8. The van der Waals surface area contributed by atoms with Crippen molar-refractivity contribution in [2.75, 3.05) is 31.1 Å². The molecule has 0 atom stereocenters. The summed E-state index contributed by atoms with van der Waals surface area (Å²) in [6.45, 7) is 5.34. The molecule has 0 radical (unpaired) electrons. The average molecular weight is 294 g/mol. The van der Waals surface area contributed by atoms with Crippen LogP contribution in [-0.4, -0.2) is 41.0 Å². The van der Waals surface area contributed by atoms with Crippen molar-refractivity contribution in [2.45, 2.75) is 25.3 Å². The molecule has 1 aromatic heterocycles. The van der Waals surface area contributed by atoms with Crippen molar-refractivity contribution in [3.8, 4) is 0 Å². The van der Waals surface area contributed by atoms with Crippen molar-refractivity contribution < 1.29 is 0 Å². The molecule has 2 fully saturated rings. The first-order valence-electron chi connectivity index (χ1n) is 8.22. The third-order valence-corrected chi connectivity index (χ3v) is 4.61. The van der Waals surface area contributed by atoms with Gasteiger partial charge in [0.15, 0.2) is 0 Å². The molecule has 2 aliphatic rings. The Morgan fingerprint density at radius 2 is 1.73 bits per heavy atom. The number of benzene rings is 1. The number of piperazine rings is 1. The molecular weight excluding hydrogens is 272 g/mol. The van der Waals surface area contributed by atoms with Crippen LogP contribution in [0.2, 0.25) is 0 Å². The van der Waals surface area contributed by atoms with Gasteiger partial charge >= 0.3 is 0 Å². The minimum Gasteiger partial charge on any atom is -0.354 e. The van der Waals surface area contributed by atoms with Crippen molar-refractivity contribution in [1.82, 2.24) is 14.9 Å². The third kappa shape index (κ3) is 3.12. The maximum Gasteiger partial charge on any atom is 0.132 e. The average Bonchev–Trinajstić information content (AvgIpc) is 3.42. The van der Waals surface area contributed by atoms with E-state index < -0.39 is 0 Å². The monoisotopic (exact) mass is 294 g/mol. The van der Waals surface area contributed by atoms with Gasteiger partial charge in [0.1, 0.15) is 12.1 Å². The number of hydrogen-bond acceptors (Lipinski definition) is 4. The first-order valence-corrected chi connectivity index (χ1v) is 8.22. The zero-order valence-corrected chi connectivity index (χ0v) is 12.9. The molecule has 4 heteroatoms. The first kappa shape index (κ1) is 13.7. The molecule has 2 heterocycles. The zero-order valence-electron chi connectivity index (χ0n) is 12.9. The number of anilines is 1. The Labute approximate surface area is 131 Å². The second-order valence-corrected chi connectivity index (χ2v) is 6.32. The lowest BCUT2D eigenvalue weighted by molar-refractivity contribution is 0.249. The van der Waals surface area contributed by atoms with Crippen molar-refractivity contribution in [3.63, 3.8) is 0 Å². The molecule has 22 heavy (non-hydrogen) atoms. The van der Waals surface area contributed by atoms with Gasteiger partial charge in [-0.2, -0.15) is 0 Å². The van der Waals surface area contributed by atoms with E-state index in [1.54, 1.807) is 6.33 Å². The molecule has 2 aromatic rings. The molecule has 1 aromatic carbocycles. The van der Waals surface area contributed by atoms with Crippen LogP contribution in [0, 0.1) is 0 Å². The Morgan fingerprint density at radius 1 is 0.955 bits per heavy atom. The predicted octanol–water partition coefficient (Wildman–Crippen LogP) is 2.68. The minimum atomic E-state index is 0.695. The summed E-state index contributed by atoms with van der Waals surface area (Å²) in [5.74, 6) is 1.80. The Morgan fingerprint density at radius 3 is 2.45 bits per heavy atom. The lowest BCUT2D eigenvalue weighted by Crippen LogP contribution is -2.46. The quantitative estimate of drug-likeness (QED) is 0.868. The highest BCUT2D eigenvalue weighted by molar-refractivity contribution is 5.41. The molecule has 0 amide bonds. The standard InChI is InChI=1S/C18H22N4/c1-2-4-15(5-3-1)13-21-8-10-22(11-9-21)18-12-17(16-6-7-16)19-14-20-18/h1-5,12,14,16H,6-11,13H2. The predicted molar refractivity (Wildman–Crippen MR) is 87.9 cm³/mol. The fraction of sp³-hybridized carbons (Fsp3) is 0.444. The largest absolute Gasteiger partial charge is 0.354 e. The van der Waals surface area contributed by atoms with E-state index in [0.29, 0.717) is 5.92 Å². The van der Waals surface area contributed by atoms with Gasteiger partial charge in [0, 0.05) is 50.4 Å². The van der Waals surface area contributed by atoms with Crippen molar-refractivity contribution >= 4 is 5.82 Å². The van der Waals surface area contributed by atoms with Gasteiger partial charge in [-0.3, -0.25) is 4.90 Å². The Balaban J connectivity index is 1.36. The summed E-state index contributed by atoms with van der Waals surface area (Å²) in [6.07, 6.45) is 4.32. The van der Waals surface area contributed by atoms with Crippen LogP contribution >= 0.6 is 0 Å². The van der Waals surface area contributed by atoms with E-state index in [1.807, 2.05) is 0 Å². The first-order chi connectivity index (χ1) is 10.9. The molecule has 4 rings (SSSR count). The van der Waals surface area contributed by atoms with Gasteiger partial charge in [0.2, 0.25) is 0 Å². The van der Waals surface area contributed by atoms with Crippen LogP contribution < -0.4 is 4.90 Å². The third-order valence-electron chi connectivity index (χ3n) is 4.61. The second-order valence-electron chi connectivity index (χ2n) is 6.32. The van der Waals surface area contributed by atoms with Crippen LogP contribution in [0.15, 0.2) is 42.7 Å². The highest BCUT2D eigenvalue weighted by Crippen LogP contribution is 2.39. The summed E-state index contributed by atoms with van der Waals surface area (Å²) in [7, 11) is 0. The number of nitrogens with zero attached hydrogens (tertiary/aromatic N) is 4. The van der Waals surface area contributed by atoms with Gasteiger partial charge in [0.25, 0.3) is 0 Å². The number of rotatable bonds is 4. The summed E-state index contributed by atoms with van der Waals surface area (Å²) in [5, 5.41) is 0. The van der Waals surface area contributed by atoms with E-state index in [-0.39, 0.29) is 0 Å². The molecule has 4 nitrogen and oxygen atoms in total. The fourth-order valence-electron chi connectivity index (χ4n) is 3.11. The molecule has 0 bridgehead atoms. The molecule has 0 spiro atoms. The van der Waals surface area contributed by atoms with E-state index in [1.165, 1.54) is 24.1 Å². The molecule has 1 aliphatic heterocycles.